The lowest BCUT2D eigenvalue weighted by Gasteiger charge is -2.54. The van der Waals surface area contributed by atoms with Crippen molar-refractivity contribution in [3.8, 4) is 5.88 Å². The molecule has 0 aliphatic heterocycles. The summed E-state index contributed by atoms with van der Waals surface area (Å²) in [7, 11) is 3.30. The molecule has 0 atom stereocenters. The Hall–Kier alpha value is -1.43. The Balaban J connectivity index is 1.73. The molecular formula is C17H23N3O2S. The van der Waals surface area contributed by atoms with Crippen LogP contribution in [0.4, 0.5) is 0 Å². The van der Waals surface area contributed by atoms with Gasteiger partial charge in [-0.1, -0.05) is 0 Å². The van der Waals surface area contributed by atoms with Gasteiger partial charge in [-0.2, -0.15) is 0 Å². The highest BCUT2D eigenvalue weighted by molar-refractivity contribution is 7.71. The minimum Gasteiger partial charge on any atom is -0.494 e. The Morgan fingerprint density at radius 1 is 1.13 bits per heavy atom. The van der Waals surface area contributed by atoms with Crippen LogP contribution in [-0.4, -0.2) is 26.0 Å². The van der Waals surface area contributed by atoms with Crippen LogP contribution < -0.4 is 5.56 Å². The highest BCUT2D eigenvalue weighted by Gasteiger charge is 2.50. The first kappa shape index (κ1) is 15.1. The summed E-state index contributed by atoms with van der Waals surface area (Å²) in [6.45, 7) is 0. The Morgan fingerprint density at radius 2 is 1.65 bits per heavy atom. The zero-order valence-electron chi connectivity index (χ0n) is 13.7. The Kier molecular flexibility index (Phi) is 3.31. The second-order valence-corrected chi connectivity index (χ2v) is 8.21. The van der Waals surface area contributed by atoms with Gasteiger partial charge in [0.25, 0.3) is 5.56 Å². The van der Waals surface area contributed by atoms with E-state index < -0.39 is 0 Å². The summed E-state index contributed by atoms with van der Waals surface area (Å²) in [4.78, 5) is 17.3. The minimum atomic E-state index is -0.279. The van der Waals surface area contributed by atoms with Crippen LogP contribution in [0.25, 0.3) is 0 Å². The van der Waals surface area contributed by atoms with E-state index in [1.165, 1.54) is 28.4 Å². The molecule has 4 aliphatic carbocycles. The quantitative estimate of drug-likeness (QED) is 0.668. The molecule has 0 saturated heterocycles. The van der Waals surface area contributed by atoms with Crippen molar-refractivity contribution in [1.29, 1.82) is 0 Å². The van der Waals surface area contributed by atoms with E-state index in [0.717, 1.165) is 37.0 Å². The SMILES string of the molecule is Cn1c(O)c(C=NC23CC4CC(CC(C4)C2)C3)c(=O)n(C)c1=S. The molecule has 4 aliphatic rings. The normalized spacial score (nSPS) is 35.3. The molecule has 4 fully saturated rings. The summed E-state index contributed by atoms with van der Waals surface area (Å²) in [6.07, 6.45) is 9.12. The number of hydrogen-bond acceptors (Lipinski definition) is 4. The topological polar surface area (TPSA) is 59.5 Å². The molecule has 1 aromatic rings. The largest absolute Gasteiger partial charge is 0.494 e. The monoisotopic (exact) mass is 333 g/mol. The summed E-state index contributed by atoms with van der Waals surface area (Å²) in [5.74, 6) is 2.33. The standard InChI is InChI=1S/C17H23N3O2S/c1-19-14(21)13(15(22)20(2)16(19)23)9-18-17-6-10-3-11(7-17)5-12(4-10)8-17/h9-12,21H,3-8H2,1-2H3. The number of aromatic hydroxyl groups is 1. The van der Waals surface area contributed by atoms with Crippen molar-refractivity contribution in [1.82, 2.24) is 9.13 Å². The predicted octanol–water partition coefficient (Wildman–Crippen LogP) is 2.55. The number of aromatic nitrogens is 2. The molecule has 23 heavy (non-hydrogen) atoms. The fourth-order valence-electron chi connectivity index (χ4n) is 5.40. The molecule has 0 amide bonds. The van der Waals surface area contributed by atoms with E-state index in [4.69, 9.17) is 17.2 Å². The molecule has 0 spiro atoms. The first-order valence-electron chi connectivity index (χ1n) is 8.43. The van der Waals surface area contributed by atoms with Gasteiger partial charge in [-0.15, -0.1) is 0 Å². The van der Waals surface area contributed by atoms with Crippen molar-refractivity contribution < 1.29 is 5.11 Å². The van der Waals surface area contributed by atoms with Crippen LogP contribution in [0.3, 0.4) is 0 Å². The van der Waals surface area contributed by atoms with Gasteiger partial charge >= 0.3 is 0 Å². The molecule has 4 saturated carbocycles. The van der Waals surface area contributed by atoms with Gasteiger partial charge in [0.15, 0.2) is 4.77 Å². The molecule has 124 valence electrons. The zero-order valence-corrected chi connectivity index (χ0v) is 14.5. The van der Waals surface area contributed by atoms with E-state index in [9.17, 15) is 9.90 Å². The van der Waals surface area contributed by atoms with Crippen molar-refractivity contribution in [3.05, 3.63) is 20.7 Å². The van der Waals surface area contributed by atoms with Crippen molar-refractivity contribution >= 4 is 18.4 Å². The third-order valence-corrected chi connectivity index (χ3v) is 6.69. The fraction of sp³-hybridized carbons (Fsp3) is 0.706. The molecule has 0 unspecified atom stereocenters. The maximum absolute atomic E-state index is 12.4. The highest BCUT2D eigenvalue weighted by atomic mass is 32.1. The second-order valence-electron chi connectivity index (χ2n) is 7.84. The lowest BCUT2D eigenvalue weighted by atomic mass is 9.53. The van der Waals surface area contributed by atoms with Gasteiger partial charge in [0, 0.05) is 20.3 Å². The van der Waals surface area contributed by atoms with E-state index in [-0.39, 0.29) is 22.5 Å². The van der Waals surface area contributed by atoms with Gasteiger partial charge in [0.1, 0.15) is 5.56 Å². The van der Waals surface area contributed by atoms with Crippen LogP contribution in [0, 0.1) is 22.5 Å². The first-order valence-corrected chi connectivity index (χ1v) is 8.83. The van der Waals surface area contributed by atoms with Crippen molar-refractivity contribution in [3.63, 3.8) is 0 Å². The zero-order chi connectivity index (χ0) is 16.4. The second kappa shape index (κ2) is 5.03. The van der Waals surface area contributed by atoms with Gasteiger partial charge in [-0.3, -0.25) is 18.9 Å². The van der Waals surface area contributed by atoms with Crippen LogP contribution in [0.15, 0.2) is 9.79 Å². The van der Waals surface area contributed by atoms with Crippen molar-refractivity contribution in [2.45, 2.75) is 44.1 Å². The number of aliphatic imine (C=N–C) groups is 1. The molecule has 6 heteroatoms. The number of rotatable bonds is 2. The van der Waals surface area contributed by atoms with Gasteiger partial charge in [0.2, 0.25) is 5.88 Å². The van der Waals surface area contributed by atoms with Crippen LogP contribution in [-0.2, 0) is 14.1 Å². The van der Waals surface area contributed by atoms with Crippen molar-refractivity contribution in [2.24, 2.45) is 36.8 Å². The Bertz CT molecular complexity index is 770. The molecule has 1 aromatic heterocycles. The molecule has 0 aromatic carbocycles. The number of hydrogen-bond donors (Lipinski definition) is 1. The smallest absolute Gasteiger partial charge is 0.266 e. The van der Waals surface area contributed by atoms with E-state index >= 15 is 0 Å². The third kappa shape index (κ3) is 2.30. The predicted molar refractivity (Wildman–Crippen MR) is 91.6 cm³/mol. The van der Waals surface area contributed by atoms with Gasteiger partial charge in [0.05, 0.1) is 5.54 Å². The lowest BCUT2D eigenvalue weighted by molar-refractivity contribution is 0.00194. The Morgan fingerprint density at radius 3 is 2.17 bits per heavy atom. The summed E-state index contributed by atoms with van der Waals surface area (Å²) in [5.41, 5.74) is -0.0318. The third-order valence-electron chi connectivity index (χ3n) is 6.14. The summed E-state index contributed by atoms with van der Waals surface area (Å²) in [6, 6.07) is 0. The first-order chi connectivity index (χ1) is 10.9. The molecule has 5 nitrogen and oxygen atoms in total. The van der Waals surface area contributed by atoms with E-state index in [2.05, 4.69) is 0 Å². The average molecular weight is 333 g/mol. The Labute approximate surface area is 140 Å². The molecule has 1 N–H and O–H groups in total. The summed E-state index contributed by atoms with van der Waals surface area (Å²) < 4.78 is 3.15. The lowest BCUT2D eigenvalue weighted by Crippen LogP contribution is -2.49. The van der Waals surface area contributed by atoms with Crippen LogP contribution in [0.5, 0.6) is 5.88 Å². The van der Waals surface area contributed by atoms with Crippen LogP contribution in [0.2, 0.25) is 0 Å². The minimum absolute atomic E-state index is 0.00257. The molecule has 0 radical (unpaired) electrons. The van der Waals surface area contributed by atoms with Crippen LogP contribution in [0.1, 0.15) is 44.1 Å². The van der Waals surface area contributed by atoms with Crippen molar-refractivity contribution in [2.75, 3.05) is 0 Å². The van der Waals surface area contributed by atoms with Crippen LogP contribution >= 0.6 is 12.2 Å². The number of nitrogens with zero attached hydrogens (tertiary/aromatic N) is 3. The summed E-state index contributed by atoms with van der Waals surface area (Å²) in [5, 5.41) is 10.3. The highest BCUT2D eigenvalue weighted by Crippen LogP contribution is 2.57. The maximum Gasteiger partial charge on any atom is 0.266 e. The van der Waals surface area contributed by atoms with E-state index in [0.29, 0.717) is 4.77 Å². The average Bonchev–Trinajstić information content (AvgIpc) is 2.49. The van der Waals surface area contributed by atoms with Gasteiger partial charge < -0.3 is 5.11 Å². The fourth-order valence-corrected chi connectivity index (χ4v) is 5.57. The molecule has 1 heterocycles. The van der Waals surface area contributed by atoms with Gasteiger partial charge in [-0.05, 0) is 68.5 Å². The maximum atomic E-state index is 12.4. The van der Waals surface area contributed by atoms with Gasteiger partial charge in [-0.25, -0.2) is 0 Å². The molecular weight excluding hydrogens is 310 g/mol. The van der Waals surface area contributed by atoms with E-state index in [1.54, 1.807) is 20.3 Å². The van der Waals surface area contributed by atoms with E-state index in [1.807, 2.05) is 0 Å². The molecule has 4 bridgehead atoms. The molecule has 5 rings (SSSR count). The summed E-state index contributed by atoms with van der Waals surface area (Å²) >= 11 is 5.15.